The number of nitrogen functional groups attached to an aromatic ring is 1. The molecule has 7 nitrogen and oxygen atoms in total. The van der Waals surface area contributed by atoms with Gasteiger partial charge in [0, 0.05) is 19.6 Å². The largest absolute Gasteiger partial charge is 0.478 e. The van der Waals surface area contributed by atoms with Crippen LogP contribution in [0.4, 0.5) is 16.2 Å². The summed E-state index contributed by atoms with van der Waals surface area (Å²) in [5.41, 5.74) is 6.81. The van der Waals surface area contributed by atoms with Gasteiger partial charge in [-0.25, -0.2) is 9.59 Å². The molecule has 1 fully saturated rings. The number of aromatic carboxylic acids is 1. The Morgan fingerprint density at radius 2 is 2.05 bits per heavy atom. The molecule has 0 aromatic heterocycles. The third kappa shape index (κ3) is 3.25. The van der Waals surface area contributed by atoms with Crippen molar-refractivity contribution in [1.29, 1.82) is 0 Å². The first-order valence-corrected chi connectivity index (χ1v) is 6.81. The molecule has 0 spiro atoms. The number of nitrogens with zero attached hydrogens (tertiary/aromatic N) is 2. The van der Waals surface area contributed by atoms with E-state index in [-0.39, 0.29) is 17.3 Å². The van der Waals surface area contributed by atoms with E-state index in [0.717, 1.165) is 0 Å². The van der Waals surface area contributed by atoms with E-state index in [1.54, 1.807) is 15.9 Å². The first kappa shape index (κ1) is 15.1. The molecule has 0 atom stereocenters. The lowest BCUT2D eigenvalue weighted by Gasteiger charge is -2.33. The number of hydrogen-bond donors (Lipinski definition) is 2. The molecule has 0 bridgehead atoms. The van der Waals surface area contributed by atoms with Crippen molar-refractivity contribution >= 4 is 23.4 Å². The molecule has 21 heavy (non-hydrogen) atoms. The van der Waals surface area contributed by atoms with Gasteiger partial charge in [0.2, 0.25) is 0 Å². The van der Waals surface area contributed by atoms with Gasteiger partial charge in [-0.3, -0.25) is 4.90 Å². The van der Waals surface area contributed by atoms with Crippen molar-refractivity contribution in [3.05, 3.63) is 23.8 Å². The smallest absolute Gasteiger partial charge is 0.335 e. The van der Waals surface area contributed by atoms with Crippen LogP contribution >= 0.6 is 0 Å². The summed E-state index contributed by atoms with van der Waals surface area (Å²) in [4.78, 5) is 26.7. The molecule has 114 valence electrons. The van der Waals surface area contributed by atoms with E-state index in [1.807, 2.05) is 6.92 Å². The van der Waals surface area contributed by atoms with Crippen molar-refractivity contribution in [1.82, 2.24) is 4.90 Å². The summed E-state index contributed by atoms with van der Waals surface area (Å²) >= 11 is 0. The third-order valence-corrected chi connectivity index (χ3v) is 3.39. The minimum Gasteiger partial charge on any atom is -0.478 e. The average Bonchev–Trinajstić information content (AvgIpc) is 2.50. The molecule has 1 aliphatic rings. The van der Waals surface area contributed by atoms with Crippen LogP contribution in [0.3, 0.4) is 0 Å². The number of carbonyl (C=O) groups excluding carboxylic acids is 1. The number of carbonyl (C=O) groups is 2. The topological polar surface area (TPSA) is 96.1 Å². The lowest BCUT2D eigenvalue weighted by Crippen LogP contribution is -2.48. The molecule has 0 radical (unpaired) electrons. The van der Waals surface area contributed by atoms with Crippen molar-refractivity contribution in [2.24, 2.45) is 0 Å². The number of urea groups is 1. The van der Waals surface area contributed by atoms with Gasteiger partial charge < -0.3 is 20.5 Å². The highest BCUT2D eigenvalue weighted by Crippen LogP contribution is 2.25. The highest BCUT2D eigenvalue weighted by atomic mass is 16.5. The van der Waals surface area contributed by atoms with Crippen molar-refractivity contribution in [3.63, 3.8) is 0 Å². The summed E-state index contributed by atoms with van der Waals surface area (Å²) in [7, 11) is 0. The second kappa shape index (κ2) is 6.45. The number of morpholine rings is 1. The van der Waals surface area contributed by atoms with Crippen LogP contribution in [0.2, 0.25) is 0 Å². The molecule has 1 aromatic carbocycles. The van der Waals surface area contributed by atoms with Crippen LogP contribution in [0.5, 0.6) is 0 Å². The minimum atomic E-state index is -1.05. The third-order valence-electron chi connectivity index (χ3n) is 3.39. The summed E-state index contributed by atoms with van der Waals surface area (Å²) in [6.07, 6.45) is 0. The first-order valence-electron chi connectivity index (χ1n) is 6.81. The Bertz CT molecular complexity index is 541. The number of carboxylic acids is 1. The lowest BCUT2D eigenvalue weighted by atomic mass is 10.1. The van der Waals surface area contributed by atoms with Crippen molar-refractivity contribution < 1.29 is 19.4 Å². The summed E-state index contributed by atoms with van der Waals surface area (Å²) < 4.78 is 5.23. The van der Waals surface area contributed by atoms with E-state index in [4.69, 9.17) is 15.6 Å². The van der Waals surface area contributed by atoms with E-state index in [9.17, 15) is 9.59 Å². The standard InChI is InChI=1S/C14H19N3O4/c1-2-17(14(20)16-5-7-21-8-6-16)12-4-3-10(13(18)19)9-11(12)15/h3-4,9H,2,5-8,15H2,1H3,(H,18,19). The SMILES string of the molecule is CCN(C(=O)N1CCOCC1)c1ccc(C(=O)O)cc1N. The second-order valence-electron chi connectivity index (χ2n) is 4.71. The van der Waals surface area contributed by atoms with Gasteiger partial charge in [-0.15, -0.1) is 0 Å². The minimum absolute atomic E-state index is 0.103. The molecule has 0 saturated carbocycles. The average molecular weight is 293 g/mol. The van der Waals surface area contributed by atoms with Crippen LogP contribution in [0.1, 0.15) is 17.3 Å². The predicted octanol–water partition coefficient (Wildman–Crippen LogP) is 1.25. The highest BCUT2D eigenvalue weighted by Gasteiger charge is 2.24. The zero-order valence-corrected chi connectivity index (χ0v) is 11.9. The van der Waals surface area contributed by atoms with Gasteiger partial charge >= 0.3 is 12.0 Å². The number of amides is 2. The Labute approximate surface area is 122 Å². The maximum absolute atomic E-state index is 12.5. The molecular weight excluding hydrogens is 274 g/mol. The van der Waals surface area contributed by atoms with E-state index >= 15 is 0 Å². The predicted molar refractivity (Wildman–Crippen MR) is 78.6 cm³/mol. The lowest BCUT2D eigenvalue weighted by molar-refractivity contribution is 0.0549. The van der Waals surface area contributed by atoms with Gasteiger partial charge in [0.25, 0.3) is 0 Å². The Balaban J connectivity index is 2.24. The van der Waals surface area contributed by atoms with Gasteiger partial charge in [0.15, 0.2) is 0 Å². The fourth-order valence-corrected chi connectivity index (χ4v) is 2.27. The first-order chi connectivity index (χ1) is 10.0. The summed E-state index contributed by atoms with van der Waals surface area (Å²) in [6, 6.07) is 4.24. The number of anilines is 2. The molecule has 1 aromatic rings. The van der Waals surface area contributed by atoms with Crippen molar-refractivity contribution in [2.75, 3.05) is 43.5 Å². The van der Waals surface area contributed by atoms with Crippen LogP contribution in [0.25, 0.3) is 0 Å². The molecule has 0 aliphatic carbocycles. The van der Waals surface area contributed by atoms with E-state index in [1.165, 1.54) is 12.1 Å². The molecule has 0 unspecified atom stereocenters. The van der Waals surface area contributed by atoms with Gasteiger partial charge in [-0.2, -0.15) is 0 Å². The Hall–Kier alpha value is -2.28. The zero-order valence-electron chi connectivity index (χ0n) is 11.9. The van der Waals surface area contributed by atoms with Gasteiger partial charge in [0.1, 0.15) is 0 Å². The number of rotatable bonds is 3. The number of nitrogens with two attached hydrogens (primary N) is 1. The molecule has 1 saturated heterocycles. The number of ether oxygens (including phenoxy) is 1. The molecule has 7 heteroatoms. The quantitative estimate of drug-likeness (QED) is 0.817. The summed E-state index contributed by atoms with van der Waals surface area (Å²) in [5, 5.41) is 8.95. The maximum Gasteiger partial charge on any atom is 0.335 e. The van der Waals surface area contributed by atoms with E-state index in [2.05, 4.69) is 0 Å². The summed E-state index contributed by atoms with van der Waals surface area (Å²) in [5.74, 6) is -1.05. The fraction of sp³-hybridized carbons (Fsp3) is 0.429. The van der Waals surface area contributed by atoms with E-state index < -0.39 is 5.97 Å². The normalized spacial score (nSPS) is 14.8. The number of carboxylic acid groups (broad SMARTS) is 1. The van der Waals surface area contributed by atoms with Crippen LogP contribution in [0.15, 0.2) is 18.2 Å². The molecule has 2 rings (SSSR count). The molecule has 3 N–H and O–H groups in total. The Morgan fingerprint density at radius 3 is 2.57 bits per heavy atom. The number of hydrogen-bond acceptors (Lipinski definition) is 4. The van der Waals surface area contributed by atoms with Gasteiger partial charge in [0.05, 0.1) is 30.2 Å². The van der Waals surface area contributed by atoms with Crippen molar-refractivity contribution in [3.8, 4) is 0 Å². The van der Waals surface area contributed by atoms with Crippen molar-refractivity contribution in [2.45, 2.75) is 6.92 Å². The number of benzene rings is 1. The van der Waals surface area contributed by atoms with Crippen LogP contribution in [0, 0.1) is 0 Å². The molecular formula is C14H19N3O4. The van der Waals surface area contributed by atoms with E-state index in [0.29, 0.717) is 38.5 Å². The molecule has 2 amide bonds. The molecule has 1 heterocycles. The Morgan fingerprint density at radius 1 is 1.38 bits per heavy atom. The molecule has 1 aliphatic heterocycles. The van der Waals surface area contributed by atoms with Crippen LogP contribution in [-0.2, 0) is 4.74 Å². The van der Waals surface area contributed by atoms with Gasteiger partial charge in [-0.1, -0.05) is 0 Å². The second-order valence-corrected chi connectivity index (χ2v) is 4.71. The Kier molecular flexibility index (Phi) is 4.64. The van der Waals surface area contributed by atoms with Crippen LogP contribution in [-0.4, -0.2) is 54.9 Å². The zero-order chi connectivity index (χ0) is 15.4. The summed E-state index contributed by atoms with van der Waals surface area (Å²) in [6.45, 7) is 4.44. The maximum atomic E-state index is 12.5. The highest BCUT2D eigenvalue weighted by molar-refractivity contribution is 5.97. The van der Waals surface area contributed by atoms with Gasteiger partial charge in [-0.05, 0) is 25.1 Å². The fourth-order valence-electron chi connectivity index (χ4n) is 2.27. The van der Waals surface area contributed by atoms with Crippen LogP contribution < -0.4 is 10.6 Å². The monoisotopic (exact) mass is 293 g/mol.